The van der Waals surface area contributed by atoms with Gasteiger partial charge in [-0.3, -0.25) is 0 Å². The summed E-state index contributed by atoms with van der Waals surface area (Å²) in [6, 6.07) is 5.68. The molecule has 0 saturated carbocycles. The van der Waals surface area contributed by atoms with E-state index in [0.717, 1.165) is 18.4 Å². The standard InChI is InChI=1S/C11H14O/c1-3-5-10-6-9(4-2)7-11(12)8-10/h3,6-8,12H,1,4-5H2,2H3. The highest BCUT2D eigenvalue weighted by Crippen LogP contribution is 2.16. The number of aryl methyl sites for hydroxylation is 1. The third kappa shape index (κ3) is 2.12. The molecule has 0 aliphatic carbocycles. The highest BCUT2D eigenvalue weighted by Gasteiger charge is 1.96. The summed E-state index contributed by atoms with van der Waals surface area (Å²) >= 11 is 0. The first-order valence-corrected chi connectivity index (χ1v) is 4.19. The largest absolute Gasteiger partial charge is 0.508 e. The number of allylic oxidation sites excluding steroid dienone is 1. The minimum atomic E-state index is 0.353. The van der Waals surface area contributed by atoms with Gasteiger partial charge in [-0.2, -0.15) is 0 Å². The number of rotatable bonds is 3. The van der Waals surface area contributed by atoms with Gasteiger partial charge in [-0.25, -0.2) is 0 Å². The van der Waals surface area contributed by atoms with Crippen LogP contribution in [0.2, 0.25) is 0 Å². The Bertz CT molecular complexity index is 276. The number of aromatic hydroxyl groups is 1. The molecule has 0 aliphatic rings. The van der Waals surface area contributed by atoms with E-state index < -0.39 is 0 Å². The maximum absolute atomic E-state index is 9.32. The van der Waals surface area contributed by atoms with Crippen molar-refractivity contribution in [2.24, 2.45) is 0 Å². The Morgan fingerprint density at radius 1 is 1.33 bits per heavy atom. The Labute approximate surface area is 73.4 Å². The molecule has 0 aromatic heterocycles. The number of hydrogen-bond donors (Lipinski definition) is 1. The molecular weight excluding hydrogens is 148 g/mol. The number of hydrogen-bond acceptors (Lipinski definition) is 1. The first-order chi connectivity index (χ1) is 5.76. The van der Waals surface area contributed by atoms with Crippen LogP contribution in [0.3, 0.4) is 0 Å². The SMILES string of the molecule is C=CCc1cc(O)cc(CC)c1. The zero-order chi connectivity index (χ0) is 8.97. The minimum absolute atomic E-state index is 0.353. The first-order valence-electron chi connectivity index (χ1n) is 4.19. The van der Waals surface area contributed by atoms with Crippen LogP contribution in [0.25, 0.3) is 0 Å². The molecule has 1 rings (SSSR count). The van der Waals surface area contributed by atoms with Gasteiger partial charge in [0.1, 0.15) is 5.75 Å². The van der Waals surface area contributed by atoms with Crippen molar-refractivity contribution in [3.05, 3.63) is 42.0 Å². The van der Waals surface area contributed by atoms with Gasteiger partial charge in [0.2, 0.25) is 0 Å². The molecule has 1 N–H and O–H groups in total. The molecular formula is C11H14O. The van der Waals surface area contributed by atoms with Gasteiger partial charge in [0.15, 0.2) is 0 Å². The zero-order valence-electron chi connectivity index (χ0n) is 7.38. The Kier molecular flexibility index (Phi) is 2.92. The van der Waals surface area contributed by atoms with Crippen LogP contribution in [0.5, 0.6) is 5.75 Å². The van der Waals surface area contributed by atoms with E-state index >= 15 is 0 Å². The molecule has 0 unspecified atom stereocenters. The molecule has 1 aromatic rings. The van der Waals surface area contributed by atoms with Gasteiger partial charge in [0, 0.05) is 0 Å². The molecule has 12 heavy (non-hydrogen) atoms. The molecule has 0 aliphatic heterocycles. The predicted octanol–water partition coefficient (Wildman–Crippen LogP) is 2.68. The summed E-state index contributed by atoms with van der Waals surface area (Å²) in [7, 11) is 0. The lowest BCUT2D eigenvalue weighted by atomic mass is 10.1. The number of phenols is 1. The maximum Gasteiger partial charge on any atom is 0.116 e. The summed E-state index contributed by atoms with van der Waals surface area (Å²) < 4.78 is 0. The van der Waals surface area contributed by atoms with Gasteiger partial charge in [0.25, 0.3) is 0 Å². The van der Waals surface area contributed by atoms with E-state index in [-0.39, 0.29) is 0 Å². The van der Waals surface area contributed by atoms with Crippen molar-refractivity contribution in [3.63, 3.8) is 0 Å². The molecule has 0 saturated heterocycles. The van der Waals surface area contributed by atoms with Crippen molar-refractivity contribution in [3.8, 4) is 5.75 Å². The van der Waals surface area contributed by atoms with Crippen molar-refractivity contribution >= 4 is 0 Å². The van der Waals surface area contributed by atoms with Gasteiger partial charge in [-0.1, -0.05) is 19.1 Å². The summed E-state index contributed by atoms with van der Waals surface area (Å²) in [4.78, 5) is 0. The lowest BCUT2D eigenvalue weighted by Gasteiger charge is -2.02. The fraction of sp³-hybridized carbons (Fsp3) is 0.273. The molecule has 0 bridgehead atoms. The second-order valence-electron chi connectivity index (χ2n) is 2.85. The first kappa shape index (κ1) is 8.85. The normalized spacial score (nSPS) is 9.75. The topological polar surface area (TPSA) is 20.2 Å². The van der Waals surface area contributed by atoms with Crippen LogP contribution in [0.1, 0.15) is 18.1 Å². The molecule has 0 radical (unpaired) electrons. The molecule has 1 aromatic carbocycles. The van der Waals surface area contributed by atoms with Crippen molar-refractivity contribution < 1.29 is 5.11 Å². The number of benzene rings is 1. The van der Waals surface area contributed by atoms with Crippen molar-refractivity contribution in [1.82, 2.24) is 0 Å². The quantitative estimate of drug-likeness (QED) is 0.677. The average molecular weight is 162 g/mol. The second kappa shape index (κ2) is 3.96. The average Bonchev–Trinajstić information content (AvgIpc) is 2.04. The van der Waals surface area contributed by atoms with E-state index in [1.54, 1.807) is 12.1 Å². The van der Waals surface area contributed by atoms with E-state index in [1.807, 2.05) is 6.08 Å². The monoisotopic (exact) mass is 162 g/mol. The van der Waals surface area contributed by atoms with Crippen LogP contribution in [0.4, 0.5) is 0 Å². The highest BCUT2D eigenvalue weighted by atomic mass is 16.3. The molecule has 0 spiro atoms. The van der Waals surface area contributed by atoms with Gasteiger partial charge in [0.05, 0.1) is 0 Å². The summed E-state index contributed by atoms with van der Waals surface area (Å²) in [5.41, 5.74) is 2.30. The van der Waals surface area contributed by atoms with Crippen LogP contribution < -0.4 is 0 Å². The summed E-state index contributed by atoms with van der Waals surface area (Å²) in [6.07, 6.45) is 3.62. The van der Waals surface area contributed by atoms with Crippen molar-refractivity contribution in [1.29, 1.82) is 0 Å². The van der Waals surface area contributed by atoms with Crippen molar-refractivity contribution in [2.75, 3.05) is 0 Å². The van der Waals surface area contributed by atoms with E-state index in [0.29, 0.717) is 5.75 Å². The highest BCUT2D eigenvalue weighted by molar-refractivity contribution is 5.34. The summed E-state index contributed by atoms with van der Waals surface area (Å²) in [5.74, 6) is 0.353. The third-order valence-corrected chi connectivity index (χ3v) is 1.83. The fourth-order valence-electron chi connectivity index (χ4n) is 1.23. The smallest absolute Gasteiger partial charge is 0.116 e. The van der Waals surface area contributed by atoms with Crippen LogP contribution in [0.15, 0.2) is 30.9 Å². The second-order valence-corrected chi connectivity index (χ2v) is 2.85. The Balaban J connectivity index is 2.97. The molecule has 1 nitrogen and oxygen atoms in total. The molecule has 0 heterocycles. The zero-order valence-corrected chi connectivity index (χ0v) is 7.38. The van der Waals surface area contributed by atoms with Crippen LogP contribution in [-0.4, -0.2) is 5.11 Å². The van der Waals surface area contributed by atoms with E-state index in [1.165, 1.54) is 5.56 Å². The fourth-order valence-corrected chi connectivity index (χ4v) is 1.23. The Morgan fingerprint density at radius 3 is 2.58 bits per heavy atom. The number of phenolic OH excluding ortho intramolecular Hbond substituents is 1. The van der Waals surface area contributed by atoms with E-state index in [2.05, 4.69) is 19.6 Å². The van der Waals surface area contributed by atoms with Gasteiger partial charge in [-0.15, -0.1) is 6.58 Å². The molecule has 0 atom stereocenters. The Hall–Kier alpha value is -1.24. The third-order valence-electron chi connectivity index (χ3n) is 1.83. The summed E-state index contributed by atoms with van der Waals surface area (Å²) in [5, 5.41) is 9.32. The van der Waals surface area contributed by atoms with E-state index in [9.17, 15) is 5.11 Å². The van der Waals surface area contributed by atoms with Gasteiger partial charge >= 0.3 is 0 Å². The van der Waals surface area contributed by atoms with Crippen LogP contribution in [0, 0.1) is 0 Å². The van der Waals surface area contributed by atoms with E-state index in [4.69, 9.17) is 0 Å². The molecule has 64 valence electrons. The lowest BCUT2D eigenvalue weighted by Crippen LogP contribution is -1.85. The predicted molar refractivity (Wildman–Crippen MR) is 51.4 cm³/mol. The van der Waals surface area contributed by atoms with Crippen LogP contribution in [-0.2, 0) is 12.8 Å². The molecule has 1 heteroatoms. The minimum Gasteiger partial charge on any atom is -0.508 e. The summed E-state index contributed by atoms with van der Waals surface area (Å²) in [6.45, 7) is 5.74. The van der Waals surface area contributed by atoms with Crippen molar-refractivity contribution in [2.45, 2.75) is 19.8 Å². The van der Waals surface area contributed by atoms with Gasteiger partial charge in [-0.05, 0) is 36.1 Å². The molecule has 0 fully saturated rings. The lowest BCUT2D eigenvalue weighted by molar-refractivity contribution is 0.474. The molecule has 0 amide bonds. The van der Waals surface area contributed by atoms with Gasteiger partial charge < -0.3 is 5.11 Å². The van der Waals surface area contributed by atoms with Crippen LogP contribution >= 0.6 is 0 Å². The Morgan fingerprint density at radius 2 is 2.00 bits per heavy atom. The maximum atomic E-state index is 9.32.